The van der Waals surface area contributed by atoms with Crippen LogP contribution in [-0.4, -0.2) is 24.2 Å². The third-order valence-corrected chi connectivity index (χ3v) is 3.51. The van der Waals surface area contributed by atoms with Crippen molar-refractivity contribution < 1.29 is 18.7 Å². The van der Waals surface area contributed by atoms with Crippen LogP contribution in [0.4, 0.5) is 14.5 Å². The van der Waals surface area contributed by atoms with Crippen molar-refractivity contribution in [3.63, 3.8) is 0 Å². The maximum atomic E-state index is 13.4. The van der Waals surface area contributed by atoms with E-state index in [1.165, 1.54) is 0 Å². The molecule has 1 aromatic rings. The maximum absolute atomic E-state index is 13.4. The minimum atomic E-state index is -1.26. The third-order valence-electron chi connectivity index (χ3n) is 2.79. The van der Waals surface area contributed by atoms with E-state index >= 15 is 0 Å². The van der Waals surface area contributed by atoms with Gasteiger partial charge < -0.3 is 10.0 Å². The van der Waals surface area contributed by atoms with Crippen molar-refractivity contribution in [1.29, 1.82) is 0 Å². The smallest absolute Gasteiger partial charge is 0.337 e. The fourth-order valence-electron chi connectivity index (χ4n) is 2.00. The van der Waals surface area contributed by atoms with E-state index in [1.54, 1.807) is 4.90 Å². The second-order valence-corrected chi connectivity index (χ2v) is 4.67. The number of carboxylic acids is 1. The number of hydrogen-bond acceptors (Lipinski definition) is 2. The highest BCUT2D eigenvalue weighted by Crippen LogP contribution is 2.36. The molecule has 1 N–H and O–H groups in total. The highest BCUT2D eigenvalue weighted by atomic mass is 79.9. The Morgan fingerprint density at radius 2 is 1.94 bits per heavy atom. The summed E-state index contributed by atoms with van der Waals surface area (Å²) >= 11 is 2.94. The minimum Gasteiger partial charge on any atom is -0.478 e. The highest BCUT2D eigenvalue weighted by molar-refractivity contribution is 9.10. The first-order valence-corrected chi connectivity index (χ1v) is 5.97. The van der Waals surface area contributed by atoms with Crippen LogP contribution in [0.1, 0.15) is 23.2 Å². The summed E-state index contributed by atoms with van der Waals surface area (Å²) in [6.45, 7) is 1.31. The molecule has 0 amide bonds. The van der Waals surface area contributed by atoms with Gasteiger partial charge in [0.1, 0.15) is 0 Å². The monoisotopic (exact) mass is 305 g/mol. The number of hydrogen-bond donors (Lipinski definition) is 1. The van der Waals surface area contributed by atoms with Gasteiger partial charge >= 0.3 is 5.97 Å². The molecule has 1 fully saturated rings. The summed E-state index contributed by atoms with van der Waals surface area (Å²) < 4.78 is 26.5. The van der Waals surface area contributed by atoms with Crippen LogP contribution in [0, 0.1) is 11.6 Å². The van der Waals surface area contributed by atoms with Gasteiger partial charge in [-0.1, -0.05) is 0 Å². The predicted octanol–water partition coefficient (Wildman–Crippen LogP) is 3.03. The normalized spacial score (nSPS) is 15.4. The topological polar surface area (TPSA) is 40.5 Å². The van der Waals surface area contributed by atoms with E-state index in [0.29, 0.717) is 13.1 Å². The molecule has 92 valence electrons. The Balaban J connectivity index is 2.61. The van der Waals surface area contributed by atoms with Crippen molar-refractivity contribution >= 4 is 27.6 Å². The molecule has 0 bridgehead atoms. The summed E-state index contributed by atoms with van der Waals surface area (Å²) in [4.78, 5) is 12.8. The van der Waals surface area contributed by atoms with E-state index in [4.69, 9.17) is 5.11 Å². The molecule has 0 atom stereocenters. The standard InChI is InChI=1S/C11H10BrF2NO2/c12-8-9(14)7(13)5-6(11(16)17)10(8)15-3-1-2-4-15/h5H,1-4H2,(H,16,17). The second-order valence-electron chi connectivity index (χ2n) is 3.88. The number of carboxylic acid groups (broad SMARTS) is 1. The van der Waals surface area contributed by atoms with Gasteiger partial charge in [0.2, 0.25) is 0 Å². The van der Waals surface area contributed by atoms with Gasteiger partial charge in [-0.25, -0.2) is 13.6 Å². The van der Waals surface area contributed by atoms with Gasteiger partial charge in [0, 0.05) is 13.1 Å². The van der Waals surface area contributed by atoms with Crippen molar-refractivity contribution in [3.8, 4) is 0 Å². The molecular weight excluding hydrogens is 296 g/mol. The lowest BCUT2D eigenvalue weighted by Gasteiger charge is -2.22. The minimum absolute atomic E-state index is 0.114. The fraction of sp³-hybridized carbons (Fsp3) is 0.364. The van der Waals surface area contributed by atoms with E-state index in [9.17, 15) is 13.6 Å². The van der Waals surface area contributed by atoms with Gasteiger partial charge in [-0.3, -0.25) is 0 Å². The van der Waals surface area contributed by atoms with Crippen LogP contribution >= 0.6 is 15.9 Å². The quantitative estimate of drug-likeness (QED) is 0.854. The van der Waals surface area contributed by atoms with Crippen molar-refractivity contribution in [2.45, 2.75) is 12.8 Å². The van der Waals surface area contributed by atoms with Crippen LogP contribution in [0.25, 0.3) is 0 Å². The lowest BCUT2D eigenvalue weighted by atomic mass is 10.1. The molecular formula is C11H10BrF2NO2. The average Bonchev–Trinajstić information content (AvgIpc) is 2.78. The van der Waals surface area contributed by atoms with Gasteiger partial charge in [0.25, 0.3) is 0 Å². The van der Waals surface area contributed by atoms with E-state index in [0.717, 1.165) is 18.9 Å². The zero-order valence-electron chi connectivity index (χ0n) is 8.84. The molecule has 1 aromatic carbocycles. The van der Waals surface area contributed by atoms with Crippen molar-refractivity contribution in [2.24, 2.45) is 0 Å². The van der Waals surface area contributed by atoms with Crippen LogP contribution in [-0.2, 0) is 0 Å². The Morgan fingerprint density at radius 3 is 2.47 bits per heavy atom. The van der Waals surface area contributed by atoms with Gasteiger partial charge in [-0.15, -0.1) is 0 Å². The van der Waals surface area contributed by atoms with Crippen LogP contribution in [0.3, 0.4) is 0 Å². The summed E-state index contributed by atoms with van der Waals surface area (Å²) in [6, 6.07) is 0.732. The van der Waals surface area contributed by atoms with Crippen LogP contribution in [0.5, 0.6) is 0 Å². The van der Waals surface area contributed by atoms with E-state index in [2.05, 4.69) is 15.9 Å². The SMILES string of the molecule is O=C(O)c1cc(F)c(F)c(Br)c1N1CCCC1. The van der Waals surface area contributed by atoms with E-state index in [1.807, 2.05) is 0 Å². The summed E-state index contributed by atoms with van der Waals surface area (Å²) in [5.41, 5.74) is 0.0200. The molecule has 1 aliphatic heterocycles. The van der Waals surface area contributed by atoms with E-state index in [-0.39, 0.29) is 15.7 Å². The number of aromatic carboxylic acids is 1. The number of rotatable bonds is 2. The molecule has 0 aliphatic carbocycles. The number of carbonyl (C=O) groups is 1. The molecule has 0 saturated carbocycles. The van der Waals surface area contributed by atoms with Crippen molar-refractivity contribution in [1.82, 2.24) is 0 Å². The molecule has 2 rings (SSSR count). The first-order valence-electron chi connectivity index (χ1n) is 5.18. The molecule has 1 heterocycles. The zero-order valence-corrected chi connectivity index (χ0v) is 10.4. The van der Waals surface area contributed by atoms with Gasteiger partial charge in [-0.05, 0) is 34.8 Å². The summed E-state index contributed by atoms with van der Waals surface area (Å²) in [7, 11) is 0. The number of halogens is 3. The lowest BCUT2D eigenvalue weighted by molar-refractivity contribution is 0.0697. The maximum Gasteiger partial charge on any atom is 0.337 e. The third kappa shape index (κ3) is 2.13. The number of anilines is 1. The molecule has 1 aliphatic rings. The Bertz CT molecular complexity index is 473. The van der Waals surface area contributed by atoms with Crippen LogP contribution in [0.15, 0.2) is 10.5 Å². The molecule has 6 heteroatoms. The lowest BCUT2D eigenvalue weighted by Crippen LogP contribution is -2.22. The number of benzene rings is 1. The Labute approximate surface area is 105 Å². The Kier molecular flexibility index (Phi) is 3.33. The molecule has 3 nitrogen and oxygen atoms in total. The predicted molar refractivity (Wildman–Crippen MR) is 62.5 cm³/mol. The summed E-state index contributed by atoms with van der Waals surface area (Å²) in [5.74, 6) is -3.46. The first-order chi connectivity index (χ1) is 8.02. The zero-order chi connectivity index (χ0) is 12.6. The van der Waals surface area contributed by atoms with E-state index < -0.39 is 17.6 Å². The fourth-order valence-corrected chi connectivity index (χ4v) is 2.65. The van der Waals surface area contributed by atoms with Crippen molar-refractivity contribution in [2.75, 3.05) is 18.0 Å². The Morgan fingerprint density at radius 1 is 1.35 bits per heavy atom. The molecule has 1 saturated heterocycles. The van der Waals surface area contributed by atoms with Gasteiger partial charge in [0.05, 0.1) is 15.7 Å². The first kappa shape index (κ1) is 12.3. The van der Waals surface area contributed by atoms with Crippen LogP contribution in [0.2, 0.25) is 0 Å². The second kappa shape index (κ2) is 4.60. The molecule has 17 heavy (non-hydrogen) atoms. The highest BCUT2D eigenvalue weighted by Gasteiger charge is 2.26. The van der Waals surface area contributed by atoms with Gasteiger partial charge in [-0.2, -0.15) is 0 Å². The summed E-state index contributed by atoms with van der Waals surface area (Å²) in [5, 5.41) is 9.03. The van der Waals surface area contributed by atoms with Crippen molar-refractivity contribution in [3.05, 3.63) is 27.7 Å². The molecule has 0 spiro atoms. The molecule has 0 aromatic heterocycles. The van der Waals surface area contributed by atoms with Gasteiger partial charge in [0.15, 0.2) is 11.6 Å². The Hall–Kier alpha value is -1.17. The number of nitrogens with zero attached hydrogens (tertiary/aromatic N) is 1. The largest absolute Gasteiger partial charge is 0.478 e. The molecule has 0 unspecified atom stereocenters. The molecule has 0 radical (unpaired) electrons. The summed E-state index contributed by atoms with van der Waals surface area (Å²) in [6.07, 6.45) is 1.84. The van der Waals surface area contributed by atoms with Crippen LogP contribution < -0.4 is 4.90 Å². The average molecular weight is 306 g/mol.